The second-order valence-electron chi connectivity index (χ2n) is 20.8. The third-order valence-corrected chi connectivity index (χ3v) is 17.6. The lowest BCUT2D eigenvalue weighted by Gasteiger charge is -2.24. The van der Waals surface area contributed by atoms with Gasteiger partial charge in [0.25, 0.3) is 0 Å². The number of hydrogen-bond acceptors (Lipinski definition) is 1. The van der Waals surface area contributed by atoms with Crippen LogP contribution in [0.1, 0.15) is 49.9 Å². The van der Waals surface area contributed by atoms with E-state index in [-0.39, 0.29) is 10.8 Å². The van der Waals surface area contributed by atoms with Crippen LogP contribution in [0.4, 0.5) is 0 Å². The maximum Gasteiger partial charge on any atom is 0.0541 e. The zero-order valence-corrected chi connectivity index (χ0v) is 40.4. The SMILES string of the molecule is CC1(C)c2ccccc2-c2ccc(-c3c4ccccc4c(-c4ccc5c(c4)C(C)(C)c4ccccc4-5)c4cc(-n5c6ccccc6c6cc(-c7cccc8c7sc7ccccc78)ccc65)ccc34)cc21. The Morgan fingerprint density at radius 1 is 0.314 bits per heavy atom. The summed E-state index contributed by atoms with van der Waals surface area (Å²) < 4.78 is 5.17. The standard InChI is InChI=1S/C68H47NS/c1-67(2)57-24-11-7-16-45(57)47-32-28-41(37-59(47)67)64-51-20-5-6-21-52(51)65(42-29-33-48-46-17-8-12-25-58(46)68(3,4)60(48)38-42)56-39-43(31-34-53(56)64)69-61-26-13-9-18-49(61)55-36-40(30-35-62(55)69)44-22-15-23-54-50-19-10-14-27-63(50)70-66(44)54/h5-39H,1-4H3. The van der Waals surface area contributed by atoms with Gasteiger partial charge in [-0.05, 0) is 148 Å². The van der Waals surface area contributed by atoms with Gasteiger partial charge in [0.05, 0.1) is 11.0 Å². The molecule has 0 amide bonds. The van der Waals surface area contributed by atoms with E-state index in [1.165, 1.54) is 141 Å². The predicted octanol–water partition coefficient (Wildman–Crippen LogP) is 19.1. The van der Waals surface area contributed by atoms with Crippen LogP contribution in [0.3, 0.4) is 0 Å². The Morgan fingerprint density at radius 3 is 1.50 bits per heavy atom. The first-order chi connectivity index (χ1) is 34.2. The van der Waals surface area contributed by atoms with Gasteiger partial charge in [0, 0.05) is 47.5 Å². The molecule has 0 aliphatic heterocycles. The van der Waals surface area contributed by atoms with Gasteiger partial charge in [-0.3, -0.25) is 0 Å². The first-order valence-corrected chi connectivity index (χ1v) is 25.5. The van der Waals surface area contributed by atoms with Crippen LogP contribution in [-0.4, -0.2) is 4.57 Å². The Bertz CT molecular complexity index is 4420. The molecule has 0 unspecified atom stereocenters. The number of para-hydroxylation sites is 1. The van der Waals surface area contributed by atoms with Crippen LogP contribution in [0.5, 0.6) is 0 Å². The highest BCUT2D eigenvalue weighted by atomic mass is 32.1. The fourth-order valence-corrected chi connectivity index (χ4v) is 14.3. The van der Waals surface area contributed by atoms with Gasteiger partial charge in [-0.25, -0.2) is 0 Å². The molecule has 0 atom stereocenters. The van der Waals surface area contributed by atoms with E-state index in [0.29, 0.717) is 0 Å². The lowest BCUT2D eigenvalue weighted by atomic mass is 9.79. The summed E-state index contributed by atoms with van der Waals surface area (Å²) in [5, 5.41) is 10.2. The number of nitrogens with zero attached hydrogens (tertiary/aromatic N) is 1. The fourth-order valence-electron chi connectivity index (χ4n) is 13.0. The molecule has 70 heavy (non-hydrogen) atoms. The topological polar surface area (TPSA) is 4.93 Å². The molecule has 11 aromatic carbocycles. The normalized spacial score (nSPS) is 14.2. The van der Waals surface area contributed by atoms with Crippen molar-refractivity contribution >= 4 is 74.9 Å². The molecule has 0 bridgehead atoms. The average Bonchev–Trinajstić information content (AvgIpc) is 4.08. The van der Waals surface area contributed by atoms with Crippen molar-refractivity contribution in [3.63, 3.8) is 0 Å². The lowest BCUT2D eigenvalue weighted by Crippen LogP contribution is -2.15. The van der Waals surface area contributed by atoms with Crippen LogP contribution >= 0.6 is 11.3 Å². The lowest BCUT2D eigenvalue weighted by molar-refractivity contribution is 0.660. The number of rotatable bonds is 4. The highest BCUT2D eigenvalue weighted by Gasteiger charge is 2.37. The van der Waals surface area contributed by atoms with Crippen molar-refractivity contribution in [3.8, 4) is 61.3 Å². The zero-order chi connectivity index (χ0) is 46.6. The van der Waals surface area contributed by atoms with Crippen LogP contribution in [0, 0.1) is 0 Å². The van der Waals surface area contributed by atoms with E-state index < -0.39 is 0 Å². The van der Waals surface area contributed by atoms with E-state index >= 15 is 0 Å². The smallest absolute Gasteiger partial charge is 0.0541 e. The van der Waals surface area contributed by atoms with Gasteiger partial charge in [0.15, 0.2) is 0 Å². The highest BCUT2D eigenvalue weighted by molar-refractivity contribution is 7.26. The van der Waals surface area contributed by atoms with Crippen molar-refractivity contribution in [2.24, 2.45) is 0 Å². The second kappa shape index (κ2) is 14.3. The number of aromatic nitrogens is 1. The Kier molecular flexibility index (Phi) is 8.13. The molecule has 0 saturated heterocycles. The molecule has 2 aliphatic carbocycles. The Balaban J connectivity index is 0.994. The first kappa shape index (κ1) is 39.9. The number of benzene rings is 11. The molecule has 0 radical (unpaired) electrons. The van der Waals surface area contributed by atoms with Gasteiger partial charge in [-0.1, -0.05) is 191 Å². The molecule has 2 aromatic heterocycles. The third kappa shape index (κ3) is 5.37. The van der Waals surface area contributed by atoms with Crippen LogP contribution in [-0.2, 0) is 10.8 Å². The Hall–Kier alpha value is -8.04. The molecule has 330 valence electrons. The summed E-state index contributed by atoms with van der Waals surface area (Å²) in [6, 6.07) is 80.7. The average molecular weight is 910 g/mol. The van der Waals surface area contributed by atoms with Crippen LogP contribution in [0.25, 0.3) is 125 Å². The summed E-state index contributed by atoms with van der Waals surface area (Å²) in [5.74, 6) is 0. The summed E-state index contributed by atoms with van der Waals surface area (Å²) in [6.07, 6.45) is 0. The largest absolute Gasteiger partial charge is 0.309 e. The highest BCUT2D eigenvalue weighted by Crippen LogP contribution is 2.54. The Labute approximate surface area is 411 Å². The molecule has 15 rings (SSSR count). The van der Waals surface area contributed by atoms with Gasteiger partial charge in [0.2, 0.25) is 0 Å². The molecule has 0 spiro atoms. The zero-order valence-electron chi connectivity index (χ0n) is 39.6. The molecule has 2 aliphatic rings. The number of thiophene rings is 1. The summed E-state index contributed by atoms with van der Waals surface area (Å²) >= 11 is 1.90. The molecule has 2 heteroatoms. The third-order valence-electron chi connectivity index (χ3n) is 16.4. The Morgan fingerprint density at radius 2 is 0.814 bits per heavy atom. The summed E-state index contributed by atoms with van der Waals surface area (Å²) in [6.45, 7) is 9.56. The first-order valence-electron chi connectivity index (χ1n) is 24.7. The molecule has 0 fully saturated rings. The summed E-state index contributed by atoms with van der Waals surface area (Å²) in [7, 11) is 0. The van der Waals surface area contributed by atoms with Crippen molar-refractivity contribution in [2.45, 2.75) is 38.5 Å². The molecule has 1 nitrogen and oxygen atoms in total. The fraction of sp³-hybridized carbons (Fsp3) is 0.0882. The van der Waals surface area contributed by atoms with E-state index in [1.807, 2.05) is 11.3 Å². The van der Waals surface area contributed by atoms with E-state index in [0.717, 1.165) is 5.69 Å². The van der Waals surface area contributed by atoms with Gasteiger partial charge < -0.3 is 4.57 Å². The molecular formula is C68H47NS. The number of hydrogen-bond donors (Lipinski definition) is 0. The monoisotopic (exact) mass is 909 g/mol. The number of fused-ring (bicyclic) bond motifs is 14. The van der Waals surface area contributed by atoms with Crippen molar-refractivity contribution in [1.29, 1.82) is 0 Å². The molecule has 0 saturated carbocycles. The summed E-state index contributed by atoms with van der Waals surface area (Å²) in [5.41, 5.74) is 21.8. The maximum atomic E-state index is 2.51. The van der Waals surface area contributed by atoms with Crippen LogP contribution in [0.15, 0.2) is 212 Å². The van der Waals surface area contributed by atoms with E-state index in [1.54, 1.807) is 0 Å². The van der Waals surface area contributed by atoms with Gasteiger partial charge >= 0.3 is 0 Å². The van der Waals surface area contributed by atoms with Crippen molar-refractivity contribution in [2.75, 3.05) is 0 Å². The maximum absolute atomic E-state index is 2.51. The van der Waals surface area contributed by atoms with Crippen molar-refractivity contribution in [3.05, 3.63) is 235 Å². The predicted molar refractivity (Wildman–Crippen MR) is 300 cm³/mol. The van der Waals surface area contributed by atoms with Crippen LogP contribution < -0.4 is 0 Å². The molecule has 2 heterocycles. The van der Waals surface area contributed by atoms with E-state index in [4.69, 9.17) is 0 Å². The van der Waals surface area contributed by atoms with Gasteiger partial charge in [-0.2, -0.15) is 0 Å². The van der Waals surface area contributed by atoms with Gasteiger partial charge in [-0.15, -0.1) is 11.3 Å². The molecular weight excluding hydrogens is 863 g/mol. The molecule has 13 aromatic rings. The minimum Gasteiger partial charge on any atom is -0.309 e. The van der Waals surface area contributed by atoms with E-state index in [9.17, 15) is 0 Å². The minimum absolute atomic E-state index is 0.115. The van der Waals surface area contributed by atoms with E-state index in [2.05, 4.69) is 245 Å². The van der Waals surface area contributed by atoms with Gasteiger partial charge in [0.1, 0.15) is 0 Å². The van der Waals surface area contributed by atoms with Crippen molar-refractivity contribution in [1.82, 2.24) is 4.57 Å². The molecule has 0 N–H and O–H groups in total. The second-order valence-corrected chi connectivity index (χ2v) is 21.8. The summed E-state index contributed by atoms with van der Waals surface area (Å²) in [4.78, 5) is 0. The van der Waals surface area contributed by atoms with Crippen molar-refractivity contribution < 1.29 is 0 Å². The minimum atomic E-state index is -0.127. The van der Waals surface area contributed by atoms with Crippen LogP contribution in [0.2, 0.25) is 0 Å². The quantitative estimate of drug-likeness (QED) is 0.155.